The summed E-state index contributed by atoms with van der Waals surface area (Å²) < 4.78 is 5.07. The van der Waals surface area contributed by atoms with Crippen LogP contribution in [-0.2, 0) is 11.2 Å². The molecule has 2 rings (SSSR count). The molecule has 0 aliphatic heterocycles. The summed E-state index contributed by atoms with van der Waals surface area (Å²) in [5.74, 6) is -0.298. The van der Waals surface area contributed by atoms with Crippen LogP contribution in [0.2, 0.25) is 5.02 Å². The Kier molecular flexibility index (Phi) is 3.92. The highest BCUT2D eigenvalue weighted by molar-refractivity contribution is 6.31. The van der Waals surface area contributed by atoms with E-state index in [2.05, 4.69) is 11.9 Å². The minimum absolute atomic E-state index is 0.298. The number of nitrogens with one attached hydrogen (secondary N) is 1. The van der Waals surface area contributed by atoms with Gasteiger partial charge in [-0.05, 0) is 37.1 Å². The number of esters is 1. The third-order valence-electron chi connectivity index (χ3n) is 2.85. The highest BCUT2D eigenvalue weighted by Gasteiger charge is 2.18. The van der Waals surface area contributed by atoms with Crippen LogP contribution in [0.4, 0.5) is 0 Å². The van der Waals surface area contributed by atoms with Gasteiger partial charge in [-0.25, -0.2) is 4.79 Å². The number of H-pyrrole nitrogens is 1. The number of benzene rings is 1. The van der Waals surface area contributed by atoms with Crippen molar-refractivity contribution in [2.45, 2.75) is 26.7 Å². The summed E-state index contributed by atoms with van der Waals surface area (Å²) in [5, 5.41) is 1.68. The number of aromatic amines is 1. The van der Waals surface area contributed by atoms with Gasteiger partial charge in [-0.2, -0.15) is 0 Å². The van der Waals surface area contributed by atoms with Crippen LogP contribution in [0.15, 0.2) is 18.2 Å². The summed E-state index contributed by atoms with van der Waals surface area (Å²) >= 11 is 6.01. The standard InChI is InChI=1S/C14H16ClNO2/c1-3-5-10-11-8-9(15)6-7-12(11)16-13(10)14(17)18-4-2/h6-8,16H,3-5H2,1-2H3. The van der Waals surface area contributed by atoms with Crippen molar-refractivity contribution in [3.63, 3.8) is 0 Å². The number of carbonyl (C=O) groups is 1. The van der Waals surface area contributed by atoms with Gasteiger partial charge in [0.1, 0.15) is 5.69 Å². The maximum Gasteiger partial charge on any atom is 0.355 e. The Labute approximate surface area is 111 Å². The Morgan fingerprint density at radius 1 is 1.39 bits per heavy atom. The molecule has 1 heterocycles. The Hall–Kier alpha value is -1.48. The summed E-state index contributed by atoms with van der Waals surface area (Å²) in [4.78, 5) is 15.0. The lowest BCUT2D eigenvalue weighted by atomic mass is 10.1. The summed E-state index contributed by atoms with van der Waals surface area (Å²) in [7, 11) is 0. The Morgan fingerprint density at radius 3 is 2.83 bits per heavy atom. The zero-order valence-corrected chi connectivity index (χ0v) is 11.3. The Bertz CT molecular complexity index is 574. The predicted octanol–water partition coefficient (Wildman–Crippen LogP) is 3.95. The summed E-state index contributed by atoms with van der Waals surface area (Å²) in [6, 6.07) is 5.59. The fourth-order valence-corrected chi connectivity index (χ4v) is 2.28. The van der Waals surface area contributed by atoms with Crippen molar-refractivity contribution in [3.8, 4) is 0 Å². The van der Waals surface area contributed by atoms with Crippen LogP contribution in [0.3, 0.4) is 0 Å². The van der Waals surface area contributed by atoms with E-state index in [1.165, 1.54) is 0 Å². The van der Waals surface area contributed by atoms with Crippen molar-refractivity contribution in [1.82, 2.24) is 4.98 Å². The molecule has 0 fully saturated rings. The fraction of sp³-hybridized carbons (Fsp3) is 0.357. The van der Waals surface area contributed by atoms with Crippen LogP contribution in [0, 0.1) is 0 Å². The molecule has 3 nitrogen and oxygen atoms in total. The summed E-state index contributed by atoms with van der Waals surface area (Å²) in [5.41, 5.74) is 2.47. The molecule has 0 saturated heterocycles. The summed E-state index contributed by atoms with van der Waals surface area (Å²) in [6.07, 6.45) is 1.79. The van der Waals surface area contributed by atoms with E-state index in [4.69, 9.17) is 16.3 Å². The van der Waals surface area contributed by atoms with Crippen molar-refractivity contribution in [3.05, 3.63) is 34.5 Å². The van der Waals surface area contributed by atoms with Gasteiger partial charge in [0, 0.05) is 15.9 Å². The first-order valence-electron chi connectivity index (χ1n) is 6.14. The Morgan fingerprint density at radius 2 is 2.17 bits per heavy atom. The van der Waals surface area contributed by atoms with Crippen molar-refractivity contribution in [2.24, 2.45) is 0 Å². The molecule has 0 bridgehead atoms. The zero-order chi connectivity index (χ0) is 13.1. The van der Waals surface area contributed by atoms with E-state index in [1.54, 1.807) is 6.92 Å². The van der Waals surface area contributed by atoms with Crippen molar-refractivity contribution in [2.75, 3.05) is 6.61 Å². The quantitative estimate of drug-likeness (QED) is 0.851. The van der Waals surface area contributed by atoms with Gasteiger partial charge in [0.05, 0.1) is 6.61 Å². The minimum atomic E-state index is -0.298. The van der Waals surface area contributed by atoms with E-state index >= 15 is 0 Å². The Balaban J connectivity index is 2.57. The molecule has 0 amide bonds. The van der Waals surface area contributed by atoms with Gasteiger partial charge in [-0.1, -0.05) is 24.9 Å². The number of aromatic nitrogens is 1. The lowest BCUT2D eigenvalue weighted by Gasteiger charge is -2.03. The molecule has 1 aromatic heterocycles. The molecule has 0 atom stereocenters. The van der Waals surface area contributed by atoms with E-state index < -0.39 is 0 Å². The monoisotopic (exact) mass is 265 g/mol. The first-order valence-corrected chi connectivity index (χ1v) is 6.52. The van der Waals surface area contributed by atoms with Crippen LogP contribution in [-0.4, -0.2) is 17.6 Å². The van der Waals surface area contributed by atoms with Crippen LogP contribution in [0.5, 0.6) is 0 Å². The van der Waals surface area contributed by atoms with E-state index in [-0.39, 0.29) is 5.97 Å². The number of halogens is 1. The minimum Gasteiger partial charge on any atom is -0.461 e. The average Bonchev–Trinajstić information content (AvgIpc) is 2.69. The molecular weight excluding hydrogens is 250 g/mol. The molecule has 0 aliphatic rings. The largest absolute Gasteiger partial charge is 0.461 e. The molecule has 0 saturated carbocycles. The SMILES string of the molecule is CCCc1c(C(=O)OCC)[nH]c2ccc(Cl)cc12. The number of hydrogen-bond donors (Lipinski definition) is 1. The molecule has 0 spiro atoms. The highest BCUT2D eigenvalue weighted by Crippen LogP contribution is 2.27. The lowest BCUT2D eigenvalue weighted by molar-refractivity contribution is 0.0519. The van der Waals surface area contributed by atoms with Gasteiger partial charge in [0.25, 0.3) is 0 Å². The molecule has 0 unspecified atom stereocenters. The second-order valence-electron chi connectivity index (χ2n) is 4.14. The number of hydrogen-bond acceptors (Lipinski definition) is 2. The van der Waals surface area contributed by atoms with Crippen LogP contribution in [0.25, 0.3) is 10.9 Å². The molecule has 0 radical (unpaired) electrons. The highest BCUT2D eigenvalue weighted by atomic mass is 35.5. The van der Waals surface area contributed by atoms with Gasteiger partial charge in [0.15, 0.2) is 0 Å². The molecule has 1 aromatic carbocycles. The third kappa shape index (κ3) is 2.36. The van der Waals surface area contributed by atoms with Gasteiger partial charge >= 0.3 is 5.97 Å². The average molecular weight is 266 g/mol. The fourth-order valence-electron chi connectivity index (χ4n) is 2.11. The number of aryl methyl sites for hydroxylation is 1. The molecule has 4 heteroatoms. The second-order valence-corrected chi connectivity index (χ2v) is 4.58. The van der Waals surface area contributed by atoms with Crippen molar-refractivity contribution in [1.29, 1.82) is 0 Å². The van der Waals surface area contributed by atoms with E-state index in [9.17, 15) is 4.79 Å². The van der Waals surface area contributed by atoms with Gasteiger partial charge < -0.3 is 9.72 Å². The maximum atomic E-state index is 11.9. The lowest BCUT2D eigenvalue weighted by Crippen LogP contribution is -2.07. The van der Waals surface area contributed by atoms with Gasteiger partial charge in [-0.3, -0.25) is 0 Å². The summed E-state index contributed by atoms with van der Waals surface area (Å²) in [6.45, 7) is 4.26. The van der Waals surface area contributed by atoms with Gasteiger partial charge in [0.2, 0.25) is 0 Å². The molecule has 2 aromatic rings. The number of ether oxygens (including phenoxy) is 1. The molecule has 0 aliphatic carbocycles. The third-order valence-corrected chi connectivity index (χ3v) is 3.08. The van der Waals surface area contributed by atoms with E-state index in [0.717, 1.165) is 29.3 Å². The predicted molar refractivity (Wildman–Crippen MR) is 73.3 cm³/mol. The van der Waals surface area contributed by atoms with Crippen molar-refractivity contribution < 1.29 is 9.53 Å². The molecule has 1 N–H and O–H groups in total. The van der Waals surface area contributed by atoms with Crippen molar-refractivity contribution >= 4 is 28.5 Å². The topological polar surface area (TPSA) is 42.1 Å². The van der Waals surface area contributed by atoms with E-state index in [0.29, 0.717) is 17.3 Å². The van der Waals surface area contributed by atoms with E-state index in [1.807, 2.05) is 18.2 Å². The zero-order valence-electron chi connectivity index (χ0n) is 10.5. The first-order chi connectivity index (χ1) is 8.67. The van der Waals surface area contributed by atoms with Gasteiger partial charge in [-0.15, -0.1) is 0 Å². The molecular formula is C14H16ClNO2. The molecule has 96 valence electrons. The second kappa shape index (κ2) is 5.44. The maximum absolute atomic E-state index is 11.9. The van der Waals surface area contributed by atoms with Crippen LogP contribution < -0.4 is 0 Å². The number of carbonyl (C=O) groups excluding carboxylic acids is 1. The normalized spacial score (nSPS) is 10.8. The van der Waals surface area contributed by atoms with Crippen LogP contribution in [0.1, 0.15) is 36.3 Å². The molecule has 18 heavy (non-hydrogen) atoms. The number of fused-ring (bicyclic) bond motifs is 1. The van der Waals surface area contributed by atoms with Crippen LogP contribution >= 0.6 is 11.6 Å². The first kappa shape index (κ1) is 13.0. The smallest absolute Gasteiger partial charge is 0.355 e. The number of rotatable bonds is 4.